The number of nitrogen functional groups attached to an aromatic ring is 1. The summed E-state index contributed by atoms with van der Waals surface area (Å²) in [4.78, 5) is 0. The quantitative estimate of drug-likeness (QED) is 0.583. The number of aliphatic hydroxyl groups excluding tert-OH is 1. The van der Waals surface area contributed by atoms with Crippen molar-refractivity contribution < 1.29 is 14.6 Å². The van der Waals surface area contributed by atoms with E-state index in [-0.39, 0.29) is 12.1 Å². The third kappa shape index (κ3) is 3.28. The van der Waals surface area contributed by atoms with Crippen LogP contribution < -0.4 is 20.5 Å². The lowest BCUT2D eigenvalue weighted by Gasteiger charge is -2.24. The van der Waals surface area contributed by atoms with E-state index in [9.17, 15) is 5.11 Å². The van der Waals surface area contributed by atoms with Gasteiger partial charge in [0.05, 0.1) is 37.7 Å². The Morgan fingerprint density at radius 1 is 1.10 bits per heavy atom. The monoisotopic (exact) mass is 280 g/mol. The number of nitrogens with two attached hydrogens (primary N) is 1. The molecule has 0 saturated heterocycles. The fraction of sp³-hybridized carbons (Fsp3) is 0.600. The summed E-state index contributed by atoms with van der Waals surface area (Å²) in [7, 11) is 3.18. The maximum Gasteiger partial charge on any atom is 0.162 e. The molecule has 2 rings (SSSR count). The number of aliphatic hydroxyl groups is 1. The number of ether oxygens (including phenoxy) is 2. The van der Waals surface area contributed by atoms with Gasteiger partial charge in [0.1, 0.15) is 0 Å². The molecule has 1 aromatic rings. The van der Waals surface area contributed by atoms with E-state index in [0.29, 0.717) is 17.2 Å². The van der Waals surface area contributed by atoms with Crippen LogP contribution in [0.1, 0.15) is 32.1 Å². The van der Waals surface area contributed by atoms with Gasteiger partial charge in [0.25, 0.3) is 0 Å². The van der Waals surface area contributed by atoms with E-state index < -0.39 is 0 Å². The minimum atomic E-state index is -0.329. The normalized spacial score (nSPS) is 22.9. The van der Waals surface area contributed by atoms with Crippen molar-refractivity contribution in [3.63, 3.8) is 0 Å². The van der Waals surface area contributed by atoms with Gasteiger partial charge in [-0.15, -0.1) is 0 Å². The molecule has 20 heavy (non-hydrogen) atoms. The summed E-state index contributed by atoms with van der Waals surface area (Å²) >= 11 is 0. The highest BCUT2D eigenvalue weighted by atomic mass is 16.5. The van der Waals surface area contributed by atoms with Crippen LogP contribution in [-0.4, -0.2) is 31.5 Å². The van der Waals surface area contributed by atoms with Gasteiger partial charge in [0.15, 0.2) is 11.5 Å². The molecule has 1 saturated carbocycles. The average Bonchev–Trinajstić information content (AvgIpc) is 2.65. The summed E-state index contributed by atoms with van der Waals surface area (Å²) < 4.78 is 10.5. The molecule has 1 aliphatic rings. The van der Waals surface area contributed by atoms with Crippen LogP contribution in [0, 0.1) is 0 Å². The van der Waals surface area contributed by atoms with E-state index in [2.05, 4.69) is 5.32 Å². The van der Waals surface area contributed by atoms with Crippen molar-refractivity contribution in [2.24, 2.45) is 0 Å². The van der Waals surface area contributed by atoms with Gasteiger partial charge in [-0.05, 0) is 12.8 Å². The van der Waals surface area contributed by atoms with E-state index in [1.54, 1.807) is 20.3 Å². The van der Waals surface area contributed by atoms with E-state index >= 15 is 0 Å². The van der Waals surface area contributed by atoms with Crippen molar-refractivity contribution in [1.29, 1.82) is 0 Å². The molecule has 0 aliphatic heterocycles. The van der Waals surface area contributed by atoms with Gasteiger partial charge in [0, 0.05) is 12.1 Å². The molecule has 112 valence electrons. The molecule has 0 amide bonds. The van der Waals surface area contributed by atoms with Gasteiger partial charge in [0.2, 0.25) is 0 Å². The number of anilines is 2. The molecule has 0 spiro atoms. The van der Waals surface area contributed by atoms with Crippen molar-refractivity contribution in [2.45, 2.75) is 44.2 Å². The first-order valence-electron chi connectivity index (χ1n) is 7.11. The molecule has 0 heterocycles. The van der Waals surface area contributed by atoms with Gasteiger partial charge < -0.3 is 25.6 Å². The van der Waals surface area contributed by atoms with Crippen LogP contribution in [0.2, 0.25) is 0 Å². The van der Waals surface area contributed by atoms with E-state index in [0.717, 1.165) is 31.4 Å². The van der Waals surface area contributed by atoms with E-state index in [1.807, 2.05) is 6.07 Å². The third-order valence-corrected chi connectivity index (χ3v) is 3.88. The minimum Gasteiger partial charge on any atom is -0.493 e. The third-order valence-electron chi connectivity index (χ3n) is 3.88. The molecule has 2 unspecified atom stereocenters. The number of hydrogen-bond acceptors (Lipinski definition) is 5. The highest BCUT2D eigenvalue weighted by Gasteiger charge is 2.22. The van der Waals surface area contributed by atoms with Crippen LogP contribution in [-0.2, 0) is 0 Å². The fourth-order valence-electron chi connectivity index (χ4n) is 2.68. The second-order valence-electron chi connectivity index (χ2n) is 5.25. The Morgan fingerprint density at radius 2 is 1.75 bits per heavy atom. The van der Waals surface area contributed by atoms with Crippen molar-refractivity contribution in [3.05, 3.63) is 12.1 Å². The zero-order valence-electron chi connectivity index (χ0n) is 12.2. The number of rotatable bonds is 4. The average molecular weight is 280 g/mol. The standard InChI is InChI=1S/C15H24N2O3/c1-19-14-8-10(16)12(9-15(14)20-2)17-11-6-4-3-5-7-13(11)18/h8-9,11,13,17-18H,3-7,16H2,1-2H3. The van der Waals surface area contributed by atoms with Crippen molar-refractivity contribution in [1.82, 2.24) is 0 Å². The van der Waals surface area contributed by atoms with Crippen LogP contribution in [0.5, 0.6) is 11.5 Å². The SMILES string of the molecule is COc1cc(N)c(NC2CCCCCC2O)cc1OC. The molecule has 1 aliphatic carbocycles. The number of hydrogen-bond donors (Lipinski definition) is 3. The summed E-state index contributed by atoms with van der Waals surface area (Å²) in [6.07, 6.45) is 4.85. The lowest BCUT2D eigenvalue weighted by molar-refractivity contribution is 0.144. The Bertz CT molecular complexity index is 451. The summed E-state index contributed by atoms with van der Waals surface area (Å²) in [5, 5.41) is 13.5. The minimum absolute atomic E-state index is 0.0397. The van der Waals surface area contributed by atoms with Gasteiger partial charge in [-0.1, -0.05) is 19.3 Å². The van der Waals surface area contributed by atoms with E-state index in [4.69, 9.17) is 15.2 Å². The Kier molecular flexibility index (Phi) is 4.95. The lowest BCUT2D eigenvalue weighted by atomic mass is 10.1. The molecule has 0 aromatic heterocycles. The molecular formula is C15H24N2O3. The van der Waals surface area contributed by atoms with Gasteiger partial charge in [-0.25, -0.2) is 0 Å². The molecule has 4 N–H and O–H groups in total. The van der Waals surface area contributed by atoms with Crippen LogP contribution >= 0.6 is 0 Å². The Labute approximate surface area is 120 Å². The second kappa shape index (κ2) is 6.70. The lowest BCUT2D eigenvalue weighted by Crippen LogP contribution is -2.32. The first-order chi connectivity index (χ1) is 9.65. The van der Waals surface area contributed by atoms with Crippen molar-refractivity contribution in [3.8, 4) is 11.5 Å². The Morgan fingerprint density at radius 3 is 2.45 bits per heavy atom. The van der Waals surface area contributed by atoms with Crippen LogP contribution in [0.4, 0.5) is 11.4 Å². The Balaban J connectivity index is 2.19. The predicted octanol–water partition coefficient (Wildman–Crippen LogP) is 2.39. The number of benzene rings is 1. The molecule has 1 fully saturated rings. The molecule has 5 heteroatoms. The molecular weight excluding hydrogens is 256 g/mol. The van der Waals surface area contributed by atoms with Crippen LogP contribution in [0.15, 0.2) is 12.1 Å². The highest BCUT2D eigenvalue weighted by molar-refractivity contribution is 5.72. The molecule has 1 aromatic carbocycles. The number of nitrogens with one attached hydrogen (secondary N) is 1. The summed E-state index contributed by atoms with van der Waals surface area (Å²) in [5.41, 5.74) is 7.42. The van der Waals surface area contributed by atoms with Gasteiger partial charge in [-0.3, -0.25) is 0 Å². The topological polar surface area (TPSA) is 76.7 Å². The summed E-state index contributed by atoms with van der Waals surface area (Å²) in [6.45, 7) is 0. The first kappa shape index (κ1) is 14.8. The maximum atomic E-state index is 10.2. The van der Waals surface area contributed by atoms with Gasteiger partial charge >= 0.3 is 0 Å². The van der Waals surface area contributed by atoms with Gasteiger partial charge in [-0.2, -0.15) is 0 Å². The van der Waals surface area contributed by atoms with Crippen molar-refractivity contribution >= 4 is 11.4 Å². The summed E-state index contributed by atoms with van der Waals surface area (Å²) in [6, 6.07) is 3.61. The number of methoxy groups -OCH3 is 2. The zero-order valence-corrected chi connectivity index (χ0v) is 12.2. The smallest absolute Gasteiger partial charge is 0.162 e. The van der Waals surface area contributed by atoms with Crippen LogP contribution in [0.3, 0.4) is 0 Å². The highest BCUT2D eigenvalue weighted by Crippen LogP contribution is 2.36. The second-order valence-corrected chi connectivity index (χ2v) is 5.25. The van der Waals surface area contributed by atoms with Crippen molar-refractivity contribution in [2.75, 3.05) is 25.3 Å². The fourth-order valence-corrected chi connectivity index (χ4v) is 2.68. The predicted molar refractivity (Wildman–Crippen MR) is 80.5 cm³/mol. The molecule has 2 atom stereocenters. The first-order valence-corrected chi connectivity index (χ1v) is 7.11. The molecule has 0 bridgehead atoms. The summed E-state index contributed by atoms with van der Waals surface area (Å²) in [5.74, 6) is 1.24. The largest absolute Gasteiger partial charge is 0.493 e. The Hall–Kier alpha value is -1.62. The molecule has 0 radical (unpaired) electrons. The zero-order chi connectivity index (χ0) is 14.5. The van der Waals surface area contributed by atoms with Crippen LogP contribution in [0.25, 0.3) is 0 Å². The van der Waals surface area contributed by atoms with E-state index in [1.165, 1.54) is 6.42 Å². The maximum absolute atomic E-state index is 10.2. The molecule has 5 nitrogen and oxygen atoms in total.